The fourth-order valence-electron chi connectivity index (χ4n) is 7.96. The molecule has 0 saturated carbocycles. The van der Waals surface area contributed by atoms with Crippen molar-refractivity contribution in [2.75, 3.05) is 0 Å². The Balaban J connectivity index is 1.05. The Morgan fingerprint density at radius 2 is 0.920 bits per heavy atom. The molecule has 3 heterocycles. The summed E-state index contributed by atoms with van der Waals surface area (Å²) in [5.74, 6) is 0. The molecule has 0 aliphatic carbocycles. The summed E-state index contributed by atoms with van der Waals surface area (Å²) >= 11 is 0. The van der Waals surface area contributed by atoms with Crippen LogP contribution >= 0.6 is 0 Å². The predicted molar refractivity (Wildman–Crippen MR) is 207 cm³/mol. The second kappa shape index (κ2) is 10.4. The molecule has 11 aromatic rings. The van der Waals surface area contributed by atoms with Gasteiger partial charge in [0.1, 0.15) is 11.2 Å². The van der Waals surface area contributed by atoms with Gasteiger partial charge in [-0.3, -0.25) is 4.98 Å². The van der Waals surface area contributed by atoms with E-state index in [1.165, 1.54) is 48.6 Å². The van der Waals surface area contributed by atoms with Crippen molar-refractivity contribution in [2.45, 2.75) is 0 Å². The molecular weight excluding hydrogens is 611 g/mol. The Morgan fingerprint density at radius 3 is 1.64 bits per heavy atom. The summed E-state index contributed by atoms with van der Waals surface area (Å²) in [5.41, 5.74) is 8.77. The van der Waals surface area contributed by atoms with E-state index in [0.29, 0.717) is 0 Å². The van der Waals surface area contributed by atoms with E-state index in [4.69, 9.17) is 9.40 Å². The minimum absolute atomic E-state index is 0.802. The molecule has 50 heavy (non-hydrogen) atoms. The largest absolute Gasteiger partial charge is 0.456 e. The van der Waals surface area contributed by atoms with Gasteiger partial charge in [0.2, 0.25) is 0 Å². The first-order valence-corrected chi connectivity index (χ1v) is 16.9. The third-order valence-electron chi connectivity index (χ3n) is 10.3. The van der Waals surface area contributed by atoms with Crippen LogP contribution in [0.25, 0.3) is 104 Å². The van der Waals surface area contributed by atoms with Crippen molar-refractivity contribution in [3.63, 3.8) is 0 Å². The fourth-order valence-corrected chi connectivity index (χ4v) is 7.96. The van der Waals surface area contributed by atoms with Crippen LogP contribution in [0.3, 0.4) is 0 Å². The molecular formula is C46H27N3O. The van der Waals surface area contributed by atoms with Gasteiger partial charge in [0.15, 0.2) is 0 Å². The van der Waals surface area contributed by atoms with E-state index in [0.717, 1.165) is 55.7 Å². The second-order valence-corrected chi connectivity index (χ2v) is 13.0. The molecule has 0 aliphatic heterocycles. The standard InChI is InChI=1S/C46H27N3O/c1-2-10-30(11-3-1)49-43-17-9-8-16-35(43)36-20-18-28(22-44(36)49)41-26-47-27-42(48-41)29-19-21-37-40-24-38-33-14-6-4-12-31(33)32-13-5-7-15-34(32)39(38)25-46(40)50-45(37)23-29/h1-27H. The lowest BCUT2D eigenvalue weighted by molar-refractivity contribution is 0.669. The molecule has 3 aromatic heterocycles. The van der Waals surface area contributed by atoms with Gasteiger partial charge in [-0.2, -0.15) is 0 Å². The molecule has 0 saturated heterocycles. The van der Waals surface area contributed by atoms with Gasteiger partial charge >= 0.3 is 0 Å². The normalized spacial score (nSPS) is 12.0. The molecule has 0 aliphatic rings. The van der Waals surface area contributed by atoms with Crippen molar-refractivity contribution in [1.29, 1.82) is 0 Å². The highest BCUT2D eigenvalue weighted by Crippen LogP contribution is 2.41. The predicted octanol–water partition coefficient (Wildman–Crippen LogP) is 12.3. The Morgan fingerprint density at radius 1 is 0.380 bits per heavy atom. The average molecular weight is 638 g/mol. The molecule has 4 heteroatoms. The maximum Gasteiger partial charge on any atom is 0.136 e. The summed E-state index contributed by atoms with van der Waals surface area (Å²) in [6, 6.07) is 53.9. The van der Waals surface area contributed by atoms with Crippen molar-refractivity contribution in [3.05, 3.63) is 164 Å². The lowest BCUT2D eigenvalue weighted by Crippen LogP contribution is -1.94. The summed E-state index contributed by atoms with van der Waals surface area (Å²) in [4.78, 5) is 9.80. The van der Waals surface area contributed by atoms with Gasteiger partial charge in [0.25, 0.3) is 0 Å². The summed E-state index contributed by atoms with van der Waals surface area (Å²) in [7, 11) is 0. The SMILES string of the molecule is c1ccc(-n2c3ccccc3c3ccc(-c4cncc(-c5ccc6c(c5)oc5cc7c8ccccc8c8ccccc8c7cc56)n4)cc32)cc1. The summed E-state index contributed by atoms with van der Waals surface area (Å²) in [5, 5.41) is 12.1. The van der Waals surface area contributed by atoms with E-state index >= 15 is 0 Å². The molecule has 0 atom stereocenters. The number of aromatic nitrogens is 3. The third kappa shape index (κ3) is 3.93. The lowest BCUT2D eigenvalue weighted by Gasteiger charge is -2.10. The van der Waals surface area contributed by atoms with E-state index in [1.54, 1.807) is 0 Å². The van der Waals surface area contributed by atoms with Crippen molar-refractivity contribution in [3.8, 4) is 28.2 Å². The molecule has 0 radical (unpaired) electrons. The highest BCUT2D eigenvalue weighted by Gasteiger charge is 2.16. The summed E-state index contributed by atoms with van der Waals surface area (Å²) in [6.45, 7) is 0. The molecule has 232 valence electrons. The minimum Gasteiger partial charge on any atom is -0.456 e. The molecule has 0 unspecified atom stereocenters. The smallest absolute Gasteiger partial charge is 0.136 e. The Kier molecular flexibility index (Phi) is 5.63. The van der Waals surface area contributed by atoms with E-state index in [-0.39, 0.29) is 0 Å². The van der Waals surface area contributed by atoms with Crippen LogP contribution < -0.4 is 0 Å². The van der Waals surface area contributed by atoms with E-state index in [1.807, 2.05) is 12.4 Å². The first-order chi connectivity index (χ1) is 24.8. The van der Waals surface area contributed by atoms with Gasteiger partial charge in [-0.05, 0) is 80.8 Å². The topological polar surface area (TPSA) is 43.9 Å². The van der Waals surface area contributed by atoms with Gasteiger partial charge < -0.3 is 8.98 Å². The highest BCUT2D eigenvalue weighted by atomic mass is 16.3. The minimum atomic E-state index is 0.802. The monoisotopic (exact) mass is 637 g/mol. The molecule has 0 fully saturated rings. The lowest BCUT2D eigenvalue weighted by atomic mass is 9.93. The van der Waals surface area contributed by atoms with Crippen LogP contribution in [0.1, 0.15) is 0 Å². The van der Waals surface area contributed by atoms with Crippen LogP contribution in [0.5, 0.6) is 0 Å². The number of rotatable bonds is 3. The van der Waals surface area contributed by atoms with Crippen molar-refractivity contribution in [2.24, 2.45) is 0 Å². The number of furan rings is 1. The number of hydrogen-bond acceptors (Lipinski definition) is 3. The van der Waals surface area contributed by atoms with Crippen LogP contribution in [-0.2, 0) is 0 Å². The third-order valence-corrected chi connectivity index (χ3v) is 10.3. The van der Waals surface area contributed by atoms with Crippen molar-refractivity contribution in [1.82, 2.24) is 14.5 Å². The Bertz CT molecular complexity index is 3150. The number of nitrogens with zero attached hydrogens (tertiary/aromatic N) is 3. The number of benzene rings is 8. The summed E-state index contributed by atoms with van der Waals surface area (Å²) in [6.07, 6.45) is 3.68. The highest BCUT2D eigenvalue weighted by molar-refractivity contribution is 6.28. The van der Waals surface area contributed by atoms with Crippen LogP contribution in [0, 0.1) is 0 Å². The van der Waals surface area contributed by atoms with Crippen LogP contribution in [0.4, 0.5) is 0 Å². The first-order valence-electron chi connectivity index (χ1n) is 16.9. The van der Waals surface area contributed by atoms with Crippen molar-refractivity contribution >= 4 is 76.1 Å². The quantitative estimate of drug-likeness (QED) is 0.181. The van der Waals surface area contributed by atoms with Gasteiger partial charge in [-0.25, -0.2) is 4.98 Å². The Hall–Kier alpha value is -6.78. The summed E-state index contributed by atoms with van der Waals surface area (Å²) < 4.78 is 8.91. The fraction of sp³-hybridized carbons (Fsp3) is 0. The number of hydrogen-bond donors (Lipinski definition) is 0. The van der Waals surface area contributed by atoms with E-state index in [9.17, 15) is 0 Å². The number of fused-ring (bicyclic) bond motifs is 12. The molecule has 0 bridgehead atoms. The maximum absolute atomic E-state index is 6.58. The Labute approximate surface area is 286 Å². The van der Waals surface area contributed by atoms with Crippen LogP contribution in [0.15, 0.2) is 168 Å². The molecule has 8 aromatic carbocycles. The maximum atomic E-state index is 6.58. The zero-order chi connectivity index (χ0) is 32.8. The van der Waals surface area contributed by atoms with Gasteiger partial charge in [-0.15, -0.1) is 0 Å². The van der Waals surface area contributed by atoms with Gasteiger partial charge in [0, 0.05) is 38.4 Å². The van der Waals surface area contributed by atoms with E-state index < -0.39 is 0 Å². The second-order valence-electron chi connectivity index (χ2n) is 13.0. The average Bonchev–Trinajstić information content (AvgIpc) is 3.72. The molecule has 11 rings (SSSR count). The van der Waals surface area contributed by atoms with Crippen LogP contribution in [0.2, 0.25) is 0 Å². The van der Waals surface area contributed by atoms with Gasteiger partial charge in [0.05, 0.1) is 34.8 Å². The van der Waals surface area contributed by atoms with Gasteiger partial charge in [-0.1, -0.05) is 103 Å². The molecule has 0 spiro atoms. The molecule has 0 N–H and O–H groups in total. The van der Waals surface area contributed by atoms with Crippen molar-refractivity contribution < 1.29 is 4.42 Å². The number of para-hydroxylation sites is 2. The molecule has 4 nitrogen and oxygen atoms in total. The van der Waals surface area contributed by atoms with Crippen LogP contribution in [-0.4, -0.2) is 14.5 Å². The van der Waals surface area contributed by atoms with E-state index in [2.05, 4.69) is 161 Å². The zero-order valence-electron chi connectivity index (χ0n) is 26.8. The first kappa shape index (κ1) is 27.2. The molecule has 0 amide bonds. The zero-order valence-corrected chi connectivity index (χ0v) is 26.8.